The highest BCUT2D eigenvalue weighted by atomic mass is 28.4. The number of allylic oxidation sites excluding steroid dienone is 2. The van der Waals surface area contributed by atoms with Crippen molar-refractivity contribution in [3.05, 3.63) is 24.3 Å². The SMILES string of the molecule is C=C[C@@H](C)[C@@H](O[Si](C(C)C)(C(C)C)C(C)C)[C@@H](C)CCC[C@H](C)/C=C(\C)C=O. The van der Waals surface area contributed by atoms with Gasteiger partial charge in [0.1, 0.15) is 6.29 Å². The first kappa shape index (κ1) is 27.3. The van der Waals surface area contributed by atoms with Crippen LogP contribution in [0.15, 0.2) is 24.3 Å². The molecule has 0 saturated carbocycles. The van der Waals surface area contributed by atoms with Gasteiger partial charge in [-0.25, -0.2) is 0 Å². The lowest BCUT2D eigenvalue weighted by atomic mass is 9.88. The summed E-state index contributed by atoms with van der Waals surface area (Å²) in [4.78, 5) is 10.8. The normalized spacial score (nSPS) is 17.7. The molecule has 0 aliphatic rings. The molecule has 0 fully saturated rings. The van der Waals surface area contributed by atoms with Gasteiger partial charge in [-0.3, -0.25) is 4.79 Å². The van der Waals surface area contributed by atoms with Gasteiger partial charge in [0, 0.05) is 0 Å². The number of rotatable bonds is 14. The molecule has 0 aromatic carbocycles. The third kappa shape index (κ3) is 7.63. The first-order valence-corrected chi connectivity index (χ1v) is 13.5. The predicted molar refractivity (Wildman–Crippen MR) is 127 cm³/mol. The van der Waals surface area contributed by atoms with Gasteiger partial charge in [0.25, 0.3) is 0 Å². The van der Waals surface area contributed by atoms with Crippen LogP contribution in [0, 0.1) is 17.8 Å². The van der Waals surface area contributed by atoms with Crippen molar-refractivity contribution in [2.24, 2.45) is 17.8 Å². The predicted octanol–water partition coefficient (Wildman–Crippen LogP) is 7.96. The molecule has 0 bridgehead atoms. The zero-order valence-corrected chi connectivity index (χ0v) is 21.4. The van der Waals surface area contributed by atoms with Gasteiger partial charge < -0.3 is 4.43 Å². The van der Waals surface area contributed by atoms with Gasteiger partial charge >= 0.3 is 0 Å². The molecule has 0 N–H and O–H groups in total. The van der Waals surface area contributed by atoms with E-state index in [0.29, 0.717) is 34.4 Å². The van der Waals surface area contributed by atoms with E-state index in [0.717, 1.165) is 31.1 Å². The first-order chi connectivity index (χ1) is 12.9. The standard InChI is InChI=1S/C25H48O2Si/c1-12-23(10)25(27-28(18(2)3,19(4)5)20(6)7)24(11)15-13-14-21(8)16-22(9)17-26/h12,16-21,23-25H,1,13-15H2,2-11H3/b22-16+/t21-,23+,24-,25+/m0/s1. The number of carbonyl (C=O) groups excluding carboxylic acids is 1. The van der Waals surface area contributed by atoms with Gasteiger partial charge in [-0.2, -0.15) is 0 Å². The smallest absolute Gasteiger partial charge is 0.200 e. The Labute approximate surface area is 177 Å². The van der Waals surface area contributed by atoms with Crippen molar-refractivity contribution in [2.45, 2.75) is 111 Å². The molecule has 0 spiro atoms. The molecule has 164 valence electrons. The molecule has 4 atom stereocenters. The van der Waals surface area contributed by atoms with Gasteiger partial charge in [-0.1, -0.05) is 80.9 Å². The van der Waals surface area contributed by atoms with Crippen molar-refractivity contribution in [3.63, 3.8) is 0 Å². The summed E-state index contributed by atoms with van der Waals surface area (Å²) in [6, 6.07) is 0. The van der Waals surface area contributed by atoms with Crippen molar-refractivity contribution in [3.8, 4) is 0 Å². The lowest BCUT2D eigenvalue weighted by Gasteiger charge is -2.47. The second-order valence-electron chi connectivity index (χ2n) is 9.91. The first-order valence-electron chi connectivity index (χ1n) is 11.4. The van der Waals surface area contributed by atoms with Gasteiger partial charge in [0.05, 0.1) is 6.10 Å². The zero-order valence-electron chi connectivity index (χ0n) is 20.4. The Balaban J connectivity index is 5.30. The van der Waals surface area contributed by atoms with Crippen LogP contribution < -0.4 is 0 Å². The monoisotopic (exact) mass is 408 g/mol. The summed E-state index contributed by atoms with van der Waals surface area (Å²) in [5.41, 5.74) is 2.62. The van der Waals surface area contributed by atoms with Gasteiger partial charge in [-0.15, -0.1) is 6.58 Å². The number of hydrogen-bond donors (Lipinski definition) is 0. The maximum atomic E-state index is 10.8. The Morgan fingerprint density at radius 2 is 1.43 bits per heavy atom. The fraction of sp³-hybridized carbons (Fsp3) is 0.800. The highest BCUT2D eigenvalue weighted by molar-refractivity contribution is 6.77. The molecule has 0 unspecified atom stereocenters. The van der Waals surface area contributed by atoms with Crippen LogP contribution in [0.2, 0.25) is 16.6 Å². The summed E-state index contributed by atoms with van der Waals surface area (Å²) in [6.45, 7) is 26.9. The molecule has 0 heterocycles. The maximum Gasteiger partial charge on any atom is 0.200 e. The highest BCUT2D eigenvalue weighted by Gasteiger charge is 2.47. The van der Waals surface area contributed by atoms with Crippen LogP contribution in [0.25, 0.3) is 0 Å². The highest BCUT2D eigenvalue weighted by Crippen LogP contribution is 2.45. The molecule has 0 saturated heterocycles. The Morgan fingerprint density at radius 1 is 0.929 bits per heavy atom. The van der Waals surface area contributed by atoms with Crippen molar-refractivity contribution >= 4 is 14.6 Å². The van der Waals surface area contributed by atoms with Crippen LogP contribution in [0.3, 0.4) is 0 Å². The molecule has 3 heteroatoms. The van der Waals surface area contributed by atoms with Gasteiger partial charge in [-0.05, 0) is 59.7 Å². The minimum atomic E-state index is -1.92. The van der Waals surface area contributed by atoms with E-state index in [1.165, 1.54) is 0 Å². The molecule has 0 rings (SSSR count). The minimum absolute atomic E-state index is 0.235. The second-order valence-corrected chi connectivity index (χ2v) is 15.3. The molecule has 0 aromatic heterocycles. The lowest BCUT2D eigenvalue weighted by Crippen LogP contribution is -2.52. The average molecular weight is 409 g/mol. The van der Waals surface area contributed by atoms with E-state index in [9.17, 15) is 4.79 Å². The second kappa shape index (κ2) is 12.8. The fourth-order valence-electron chi connectivity index (χ4n) is 5.02. The Bertz CT molecular complexity index is 471. The van der Waals surface area contributed by atoms with E-state index in [4.69, 9.17) is 4.43 Å². The molecule has 0 radical (unpaired) electrons. The molecule has 2 nitrogen and oxygen atoms in total. The van der Waals surface area contributed by atoms with E-state index in [2.05, 4.69) is 81.0 Å². The Hall–Kier alpha value is -0.673. The summed E-state index contributed by atoms with van der Waals surface area (Å²) < 4.78 is 7.19. The van der Waals surface area contributed by atoms with Gasteiger partial charge in [0.2, 0.25) is 8.32 Å². The molecule has 0 aliphatic carbocycles. The third-order valence-corrected chi connectivity index (χ3v) is 12.6. The van der Waals surface area contributed by atoms with Crippen molar-refractivity contribution < 1.29 is 9.22 Å². The zero-order chi connectivity index (χ0) is 22.1. The van der Waals surface area contributed by atoms with Crippen LogP contribution in [0.4, 0.5) is 0 Å². The van der Waals surface area contributed by atoms with E-state index in [-0.39, 0.29) is 6.10 Å². The quantitative estimate of drug-likeness (QED) is 0.126. The number of aldehydes is 1. The summed E-state index contributed by atoms with van der Waals surface area (Å²) in [5, 5.41) is 0. The van der Waals surface area contributed by atoms with Crippen LogP contribution in [-0.4, -0.2) is 20.7 Å². The maximum absolute atomic E-state index is 10.8. The van der Waals surface area contributed by atoms with E-state index in [1.54, 1.807) is 0 Å². The van der Waals surface area contributed by atoms with Gasteiger partial charge in [0.15, 0.2) is 0 Å². The Kier molecular flexibility index (Phi) is 12.5. The number of hydrogen-bond acceptors (Lipinski definition) is 2. The molecule has 28 heavy (non-hydrogen) atoms. The van der Waals surface area contributed by atoms with E-state index >= 15 is 0 Å². The third-order valence-electron chi connectivity index (χ3n) is 6.55. The molecular weight excluding hydrogens is 360 g/mol. The summed E-state index contributed by atoms with van der Waals surface area (Å²) >= 11 is 0. The lowest BCUT2D eigenvalue weighted by molar-refractivity contribution is -0.104. The van der Waals surface area contributed by atoms with Crippen molar-refractivity contribution in [1.82, 2.24) is 0 Å². The van der Waals surface area contributed by atoms with Crippen LogP contribution >= 0.6 is 0 Å². The minimum Gasteiger partial charge on any atom is -0.412 e. The summed E-state index contributed by atoms with van der Waals surface area (Å²) in [7, 11) is -1.92. The van der Waals surface area contributed by atoms with E-state index in [1.807, 2.05) is 6.92 Å². The van der Waals surface area contributed by atoms with E-state index < -0.39 is 8.32 Å². The molecule has 0 aromatic rings. The van der Waals surface area contributed by atoms with Crippen LogP contribution in [0.1, 0.15) is 88.5 Å². The number of carbonyl (C=O) groups is 1. The fourth-order valence-corrected chi connectivity index (χ4v) is 10.8. The molecule has 0 aliphatic heterocycles. The summed E-state index contributed by atoms with van der Waals surface area (Å²) in [6.07, 6.45) is 8.77. The van der Waals surface area contributed by atoms with Crippen molar-refractivity contribution in [2.75, 3.05) is 0 Å². The average Bonchev–Trinajstić information content (AvgIpc) is 2.60. The summed E-state index contributed by atoms with van der Waals surface area (Å²) in [5.74, 6) is 1.30. The van der Waals surface area contributed by atoms with Crippen molar-refractivity contribution in [1.29, 1.82) is 0 Å². The molecular formula is C25H48O2Si. The molecule has 0 amide bonds. The van der Waals surface area contributed by atoms with Crippen LogP contribution in [0.5, 0.6) is 0 Å². The Morgan fingerprint density at radius 3 is 1.82 bits per heavy atom. The topological polar surface area (TPSA) is 26.3 Å². The van der Waals surface area contributed by atoms with Crippen LogP contribution in [-0.2, 0) is 9.22 Å². The largest absolute Gasteiger partial charge is 0.412 e.